The van der Waals surface area contributed by atoms with Crippen LogP contribution in [0.4, 0.5) is 11.5 Å². The summed E-state index contributed by atoms with van der Waals surface area (Å²) in [5.41, 5.74) is 2.30. The van der Waals surface area contributed by atoms with Crippen molar-refractivity contribution in [3.63, 3.8) is 0 Å². The van der Waals surface area contributed by atoms with E-state index in [1.165, 1.54) is 21.1 Å². The molecule has 0 spiro atoms. The van der Waals surface area contributed by atoms with E-state index in [0.29, 0.717) is 23.5 Å². The Bertz CT molecular complexity index is 1070. The van der Waals surface area contributed by atoms with E-state index in [0.717, 1.165) is 16.6 Å². The van der Waals surface area contributed by atoms with Crippen LogP contribution in [0.3, 0.4) is 0 Å². The number of aromatic hydroxyl groups is 1. The van der Waals surface area contributed by atoms with Gasteiger partial charge in [-0.3, -0.25) is 4.79 Å². The molecule has 8 nitrogen and oxygen atoms in total. The van der Waals surface area contributed by atoms with Crippen LogP contribution >= 0.6 is 0 Å². The third-order valence-corrected chi connectivity index (χ3v) is 4.52. The van der Waals surface area contributed by atoms with E-state index in [1.807, 2.05) is 36.4 Å². The normalized spacial score (nSPS) is 11.6. The summed E-state index contributed by atoms with van der Waals surface area (Å²) in [6.07, 6.45) is 0.321. The topological polar surface area (TPSA) is 110 Å². The highest BCUT2D eigenvalue weighted by molar-refractivity contribution is 5.85. The number of benzene rings is 2. The Kier molecular flexibility index (Phi) is 6.36. The minimum Gasteiger partial charge on any atom is -0.504 e. The van der Waals surface area contributed by atoms with E-state index >= 15 is 0 Å². The maximum absolute atomic E-state index is 11.8. The van der Waals surface area contributed by atoms with Crippen molar-refractivity contribution in [1.82, 2.24) is 10.3 Å². The van der Waals surface area contributed by atoms with Gasteiger partial charge in [0.15, 0.2) is 11.5 Å². The van der Waals surface area contributed by atoms with Crippen LogP contribution in [0.2, 0.25) is 0 Å². The number of methoxy groups -OCH3 is 2. The van der Waals surface area contributed by atoms with Crippen molar-refractivity contribution in [1.29, 1.82) is 0 Å². The molecule has 8 heteroatoms. The van der Waals surface area contributed by atoms with Gasteiger partial charge in [-0.1, -0.05) is 12.1 Å². The lowest BCUT2D eigenvalue weighted by molar-refractivity contribution is -0.144. The molecule has 0 saturated heterocycles. The lowest BCUT2D eigenvalue weighted by atomic mass is 10.1. The van der Waals surface area contributed by atoms with E-state index in [1.54, 1.807) is 12.1 Å². The zero-order valence-corrected chi connectivity index (χ0v) is 16.9. The minimum absolute atomic E-state index is 0.0262. The quantitative estimate of drug-likeness (QED) is 0.515. The molecule has 0 saturated carbocycles. The Morgan fingerprint density at radius 3 is 2.47 bits per heavy atom. The molecular formula is C22H23N3O5. The van der Waals surface area contributed by atoms with Crippen LogP contribution < -0.4 is 15.4 Å². The van der Waals surface area contributed by atoms with Gasteiger partial charge >= 0.3 is 5.97 Å². The summed E-state index contributed by atoms with van der Waals surface area (Å²) in [5.74, 6) is 0.247. The lowest BCUT2D eigenvalue weighted by Crippen LogP contribution is -2.41. The van der Waals surface area contributed by atoms with Gasteiger partial charge in [-0.15, -0.1) is 0 Å². The fourth-order valence-corrected chi connectivity index (χ4v) is 3.06. The van der Waals surface area contributed by atoms with Crippen molar-refractivity contribution >= 4 is 34.3 Å². The third kappa shape index (κ3) is 4.96. The van der Waals surface area contributed by atoms with Gasteiger partial charge in [0.05, 0.1) is 19.7 Å². The van der Waals surface area contributed by atoms with E-state index in [2.05, 4.69) is 15.6 Å². The maximum Gasteiger partial charge on any atom is 0.328 e. The van der Waals surface area contributed by atoms with Gasteiger partial charge in [-0.25, -0.2) is 9.78 Å². The number of hydrogen-bond acceptors (Lipinski definition) is 7. The molecule has 3 aromatic rings. The number of rotatable bonds is 7. The van der Waals surface area contributed by atoms with Gasteiger partial charge < -0.3 is 25.2 Å². The first-order chi connectivity index (χ1) is 14.4. The summed E-state index contributed by atoms with van der Waals surface area (Å²) in [5, 5.41) is 16.6. The standard InChI is InChI=1S/C22H23N3O5/c1-13(26)23-18(22(28)30-3)10-14-4-7-16(8-5-14)24-21-9-6-15-11-20(29-2)19(27)12-17(15)25-21/h4-9,11-12,18,27H,10H2,1-3H3,(H,23,26)(H,24,25)/t18-/m0/s1. The number of carbonyl (C=O) groups excluding carboxylic acids is 2. The van der Waals surface area contributed by atoms with Gasteiger partial charge in [0.25, 0.3) is 0 Å². The van der Waals surface area contributed by atoms with E-state index in [-0.39, 0.29) is 11.7 Å². The highest BCUT2D eigenvalue weighted by atomic mass is 16.5. The molecule has 0 fully saturated rings. The molecule has 1 aromatic heterocycles. The van der Waals surface area contributed by atoms with Crippen LogP contribution in [0.5, 0.6) is 11.5 Å². The van der Waals surface area contributed by atoms with Crippen LogP contribution in [0, 0.1) is 0 Å². The summed E-state index contributed by atoms with van der Waals surface area (Å²) < 4.78 is 9.86. The number of nitrogens with zero attached hydrogens (tertiary/aromatic N) is 1. The average Bonchev–Trinajstić information content (AvgIpc) is 2.73. The van der Waals surface area contributed by atoms with Gasteiger partial charge in [0, 0.05) is 30.5 Å². The molecule has 3 rings (SSSR count). The fraction of sp³-hybridized carbons (Fsp3) is 0.227. The average molecular weight is 409 g/mol. The van der Waals surface area contributed by atoms with E-state index in [9.17, 15) is 14.7 Å². The Morgan fingerprint density at radius 2 is 1.83 bits per heavy atom. The summed E-state index contributed by atoms with van der Waals surface area (Å²) >= 11 is 0. The van der Waals surface area contributed by atoms with Crippen LogP contribution in [-0.4, -0.2) is 42.2 Å². The summed E-state index contributed by atoms with van der Waals surface area (Å²) in [6.45, 7) is 1.36. The number of amides is 1. The number of nitrogens with one attached hydrogen (secondary N) is 2. The second-order valence-electron chi connectivity index (χ2n) is 6.72. The molecule has 1 amide bonds. The van der Waals surface area contributed by atoms with Gasteiger partial charge in [0.2, 0.25) is 5.91 Å². The van der Waals surface area contributed by atoms with Crippen molar-refractivity contribution in [3.05, 3.63) is 54.1 Å². The number of phenolic OH excluding ortho intramolecular Hbond substituents is 1. The first-order valence-corrected chi connectivity index (χ1v) is 9.28. The molecule has 0 aliphatic rings. The molecule has 0 aliphatic carbocycles. The predicted molar refractivity (Wildman–Crippen MR) is 113 cm³/mol. The molecule has 1 heterocycles. The molecule has 0 radical (unpaired) electrons. The van der Waals surface area contributed by atoms with Gasteiger partial charge in [-0.05, 0) is 35.9 Å². The fourth-order valence-electron chi connectivity index (χ4n) is 3.06. The lowest BCUT2D eigenvalue weighted by Gasteiger charge is -2.16. The first-order valence-electron chi connectivity index (χ1n) is 9.28. The Morgan fingerprint density at radius 1 is 1.10 bits per heavy atom. The van der Waals surface area contributed by atoms with E-state index < -0.39 is 12.0 Å². The predicted octanol–water partition coefficient (Wildman–Crippen LogP) is 2.91. The van der Waals surface area contributed by atoms with Gasteiger partial charge in [0.1, 0.15) is 11.9 Å². The van der Waals surface area contributed by atoms with Crippen LogP contribution in [0.15, 0.2) is 48.5 Å². The molecule has 0 unspecified atom stereocenters. The largest absolute Gasteiger partial charge is 0.504 e. The molecule has 30 heavy (non-hydrogen) atoms. The Hall–Kier alpha value is -3.81. The number of pyridine rings is 1. The Labute approximate surface area is 173 Å². The van der Waals surface area contributed by atoms with Crippen molar-refractivity contribution in [2.24, 2.45) is 0 Å². The highest BCUT2D eigenvalue weighted by Gasteiger charge is 2.20. The summed E-state index contributed by atoms with van der Waals surface area (Å²) in [6, 6.07) is 13.7. The number of hydrogen-bond donors (Lipinski definition) is 3. The van der Waals surface area contributed by atoms with Crippen LogP contribution in [-0.2, 0) is 20.7 Å². The second kappa shape index (κ2) is 9.13. The molecule has 2 aromatic carbocycles. The number of carbonyl (C=O) groups is 2. The molecule has 156 valence electrons. The summed E-state index contributed by atoms with van der Waals surface area (Å²) in [4.78, 5) is 27.7. The number of aromatic nitrogens is 1. The molecular weight excluding hydrogens is 386 g/mol. The molecule has 3 N–H and O–H groups in total. The van der Waals surface area contributed by atoms with Crippen molar-refractivity contribution in [3.8, 4) is 11.5 Å². The summed E-state index contributed by atoms with van der Waals surface area (Å²) in [7, 11) is 2.79. The van der Waals surface area contributed by atoms with Crippen molar-refractivity contribution < 1.29 is 24.2 Å². The van der Waals surface area contributed by atoms with Crippen molar-refractivity contribution in [2.45, 2.75) is 19.4 Å². The molecule has 0 aliphatic heterocycles. The number of anilines is 2. The number of fused-ring (bicyclic) bond motifs is 1. The maximum atomic E-state index is 11.8. The number of esters is 1. The molecule has 0 bridgehead atoms. The zero-order valence-electron chi connectivity index (χ0n) is 16.9. The smallest absolute Gasteiger partial charge is 0.328 e. The van der Waals surface area contributed by atoms with Crippen molar-refractivity contribution in [2.75, 3.05) is 19.5 Å². The Balaban J connectivity index is 1.73. The molecule has 1 atom stereocenters. The first kappa shape index (κ1) is 20.9. The number of ether oxygens (including phenoxy) is 2. The van der Waals surface area contributed by atoms with Crippen LogP contribution in [0.1, 0.15) is 12.5 Å². The van der Waals surface area contributed by atoms with Gasteiger partial charge in [-0.2, -0.15) is 0 Å². The van der Waals surface area contributed by atoms with E-state index in [4.69, 9.17) is 9.47 Å². The number of phenols is 1. The minimum atomic E-state index is -0.738. The third-order valence-electron chi connectivity index (χ3n) is 4.52. The zero-order chi connectivity index (χ0) is 21.7. The monoisotopic (exact) mass is 409 g/mol. The SMILES string of the molecule is COC(=O)[C@H](Cc1ccc(Nc2ccc3cc(OC)c(O)cc3n2)cc1)NC(C)=O. The van der Waals surface area contributed by atoms with Crippen LogP contribution in [0.25, 0.3) is 10.9 Å². The second-order valence-corrected chi connectivity index (χ2v) is 6.72. The highest BCUT2D eigenvalue weighted by Crippen LogP contribution is 2.31.